The number of ether oxygens (including phenoxy) is 1. The smallest absolute Gasteiger partial charge is 0.293 e. The van der Waals surface area contributed by atoms with E-state index in [0.29, 0.717) is 49.3 Å². The highest BCUT2D eigenvalue weighted by Crippen LogP contribution is 2.76. The Hall–Kier alpha value is -1.79. The second-order valence-electron chi connectivity index (χ2n) is 19.6. The predicted molar refractivity (Wildman–Crippen MR) is 199 cm³/mol. The lowest BCUT2D eigenvalue weighted by molar-refractivity contribution is -0.196. The van der Waals surface area contributed by atoms with Crippen molar-refractivity contribution in [1.82, 2.24) is 10.2 Å². The van der Waals surface area contributed by atoms with Gasteiger partial charge in [-0.3, -0.25) is 9.59 Å². The van der Waals surface area contributed by atoms with Crippen molar-refractivity contribution in [2.45, 2.75) is 149 Å². The third kappa shape index (κ3) is 5.40. The quantitative estimate of drug-likeness (QED) is 0.245. The summed E-state index contributed by atoms with van der Waals surface area (Å²) in [7, 11) is 0. The van der Waals surface area contributed by atoms with Crippen LogP contribution in [0.2, 0.25) is 0 Å². The molecule has 8 atom stereocenters. The third-order valence-corrected chi connectivity index (χ3v) is 16.8. The summed E-state index contributed by atoms with van der Waals surface area (Å²) in [5, 5.41) is 4.13. The summed E-state index contributed by atoms with van der Waals surface area (Å²) in [6.07, 6.45) is 19.4. The molecule has 1 aliphatic heterocycles. The van der Waals surface area contributed by atoms with Gasteiger partial charge in [0.05, 0.1) is 0 Å². The van der Waals surface area contributed by atoms with E-state index in [1.165, 1.54) is 86.7 Å². The first kappa shape index (κ1) is 36.6. The van der Waals surface area contributed by atoms with Crippen LogP contribution < -0.4 is 5.32 Å². The van der Waals surface area contributed by atoms with Crippen LogP contribution in [-0.2, 0) is 14.3 Å². The van der Waals surface area contributed by atoms with Crippen molar-refractivity contribution in [2.75, 3.05) is 32.9 Å². The lowest BCUT2D eigenvalue weighted by Crippen LogP contribution is -2.66. The first-order valence-corrected chi connectivity index (χ1v) is 20.5. The number of alkyl halides is 1. The van der Waals surface area contributed by atoms with Crippen molar-refractivity contribution in [2.24, 2.45) is 45.3 Å². The minimum Gasteiger partial charge on any atom is -0.458 e. The summed E-state index contributed by atoms with van der Waals surface area (Å²) in [4.78, 5) is 27.8. The molecule has 278 valence electrons. The number of Topliss-reactive ketones (excluding diaryl/α,β-unsaturated/α-hetero) is 1. The van der Waals surface area contributed by atoms with Crippen molar-refractivity contribution < 1.29 is 18.7 Å². The maximum atomic E-state index is 14.0. The van der Waals surface area contributed by atoms with E-state index in [2.05, 4.69) is 70.8 Å². The Morgan fingerprint density at radius 1 is 0.940 bits per heavy atom. The van der Waals surface area contributed by atoms with Gasteiger partial charge < -0.3 is 15.0 Å². The Kier molecular flexibility index (Phi) is 9.47. The molecule has 6 aliphatic carbocycles. The number of halogens is 1. The van der Waals surface area contributed by atoms with Crippen LogP contribution >= 0.6 is 0 Å². The molecule has 0 amide bonds. The minimum absolute atomic E-state index is 0.0182. The maximum Gasteiger partial charge on any atom is 0.293 e. The fraction of sp³-hybridized carbons (Fsp3) is 0.818. The van der Waals surface area contributed by atoms with Gasteiger partial charge in [0.15, 0.2) is 5.78 Å². The van der Waals surface area contributed by atoms with E-state index in [9.17, 15) is 14.0 Å². The zero-order valence-corrected chi connectivity index (χ0v) is 32.5. The molecule has 6 heteroatoms. The van der Waals surface area contributed by atoms with Crippen LogP contribution in [0.25, 0.3) is 0 Å². The number of hydrogen-bond acceptors (Lipinski definition) is 5. The fourth-order valence-corrected chi connectivity index (χ4v) is 14.1. The summed E-state index contributed by atoms with van der Waals surface area (Å²) in [5.74, 6) is 2.35. The molecule has 0 unspecified atom stereocenters. The van der Waals surface area contributed by atoms with E-state index in [1.807, 2.05) is 0 Å². The number of nitrogens with zero attached hydrogens (tertiary/aromatic N) is 1. The number of carbonyl (C=O) groups is 2. The number of ketones is 1. The van der Waals surface area contributed by atoms with Crippen LogP contribution in [0.1, 0.15) is 138 Å². The van der Waals surface area contributed by atoms with Crippen molar-refractivity contribution in [3.05, 3.63) is 34.4 Å². The topological polar surface area (TPSA) is 58.6 Å². The molecule has 4 fully saturated rings. The van der Waals surface area contributed by atoms with Crippen molar-refractivity contribution in [1.29, 1.82) is 0 Å². The second-order valence-corrected chi connectivity index (χ2v) is 19.6. The second kappa shape index (κ2) is 13.0. The molecule has 0 radical (unpaired) electrons. The van der Waals surface area contributed by atoms with Gasteiger partial charge in [-0.25, -0.2) is 4.39 Å². The van der Waals surface area contributed by atoms with Gasteiger partial charge >= 0.3 is 0 Å². The maximum absolute atomic E-state index is 14.0. The molecule has 0 aromatic heterocycles. The molecule has 0 aromatic rings. The largest absolute Gasteiger partial charge is 0.458 e. The van der Waals surface area contributed by atoms with Gasteiger partial charge in [0.25, 0.3) is 6.47 Å². The molecular weight excluding hydrogens is 623 g/mol. The van der Waals surface area contributed by atoms with Crippen molar-refractivity contribution in [3.63, 3.8) is 0 Å². The van der Waals surface area contributed by atoms with E-state index >= 15 is 0 Å². The first-order chi connectivity index (χ1) is 23.7. The fourth-order valence-electron chi connectivity index (χ4n) is 14.1. The van der Waals surface area contributed by atoms with Gasteiger partial charge in [-0.05, 0) is 151 Å². The normalized spacial score (nSPS) is 43.0. The lowest BCUT2D eigenvalue weighted by Gasteiger charge is -2.71. The number of allylic oxidation sites excluding steroid dienone is 4. The Morgan fingerprint density at radius 3 is 2.36 bits per heavy atom. The average Bonchev–Trinajstić information content (AvgIpc) is 3.38. The third-order valence-electron chi connectivity index (χ3n) is 16.8. The molecule has 7 aliphatic rings. The molecule has 1 saturated heterocycles. The Morgan fingerprint density at radius 2 is 1.70 bits per heavy atom. The number of nitrogens with one attached hydrogen (secondary N) is 1. The van der Waals surface area contributed by atoms with E-state index in [1.54, 1.807) is 0 Å². The first-order valence-electron chi connectivity index (χ1n) is 20.5. The highest BCUT2D eigenvalue weighted by Gasteiger charge is 2.69. The van der Waals surface area contributed by atoms with E-state index in [-0.39, 0.29) is 33.1 Å². The van der Waals surface area contributed by atoms with Gasteiger partial charge in [0, 0.05) is 31.5 Å². The SMILES string of the molecule is CC(C)C1=C2[C@H]3CC[C@@H]4[C@@]5(C)CC=C(C6=CC[C@](CF)(OC=O)CC6)C(C)(C)[C@@H]5CC[C@@]4(C)[C@]3(C)CC[C@@]2(NCCN2CCCCC2)CC1=O. The van der Waals surface area contributed by atoms with Gasteiger partial charge in [-0.15, -0.1) is 0 Å². The van der Waals surface area contributed by atoms with E-state index in [0.717, 1.165) is 32.4 Å². The molecule has 0 bridgehead atoms. The molecule has 1 heterocycles. The number of likely N-dealkylation sites (tertiary alicyclic amines) is 1. The zero-order valence-electron chi connectivity index (χ0n) is 32.5. The van der Waals surface area contributed by atoms with E-state index in [4.69, 9.17) is 4.74 Å². The van der Waals surface area contributed by atoms with Crippen molar-refractivity contribution in [3.8, 4) is 0 Å². The van der Waals surface area contributed by atoms with Crippen LogP contribution in [0.5, 0.6) is 0 Å². The molecular formula is C44H67FN2O3. The monoisotopic (exact) mass is 691 g/mol. The van der Waals surface area contributed by atoms with Crippen LogP contribution in [0.3, 0.4) is 0 Å². The molecule has 7 rings (SSSR count). The summed E-state index contributed by atoms with van der Waals surface area (Å²) in [6, 6.07) is 0. The van der Waals surface area contributed by atoms with Gasteiger partial charge in [0.2, 0.25) is 0 Å². The Labute approximate surface area is 302 Å². The summed E-state index contributed by atoms with van der Waals surface area (Å²) < 4.78 is 19.3. The highest BCUT2D eigenvalue weighted by molar-refractivity contribution is 6.01. The van der Waals surface area contributed by atoms with Gasteiger partial charge in [-0.2, -0.15) is 0 Å². The van der Waals surface area contributed by atoms with Crippen LogP contribution in [0.4, 0.5) is 4.39 Å². The minimum atomic E-state index is -0.991. The number of hydrogen-bond donors (Lipinski definition) is 1. The van der Waals surface area contributed by atoms with Gasteiger partial charge in [0.1, 0.15) is 12.3 Å². The number of fused-ring (bicyclic) bond motifs is 7. The van der Waals surface area contributed by atoms with Crippen LogP contribution in [0.15, 0.2) is 34.4 Å². The van der Waals surface area contributed by atoms with Crippen molar-refractivity contribution >= 4 is 12.3 Å². The molecule has 3 saturated carbocycles. The zero-order chi connectivity index (χ0) is 35.7. The lowest BCUT2D eigenvalue weighted by atomic mass is 9.33. The Bertz CT molecular complexity index is 1460. The summed E-state index contributed by atoms with van der Waals surface area (Å²) in [5.41, 5.74) is 4.96. The highest BCUT2D eigenvalue weighted by atomic mass is 19.1. The molecule has 50 heavy (non-hydrogen) atoms. The Balaban J connectivity index is 1.17. The average molecular weight is 691 g/mol. The number of piperidine rings is 1. The van der Waals surface area contributed by atoms with Crippen LogP contribution in [0, 0.1) is 45.3 Å². The molecule has 0 spiro atoms. The molecule has 1 N–H and O–H groups in total. The number of rotatable bonds is 9. The van der Waals surface area contributed by atoms with E-state index < -0.39 is 12.3 Å². The molecule has 5 nitrogen and oxygen atoms in total. The standard InChI is InChI=1S/C44H67FN2O3/c1-30(2)37-34(49)27-44(46-23-26-47-24-9-8-10-25-47)22-21-41(6)33(38(37)44)11-12-36-40(5)17-15-32(39(3,4)35(40)16-18-42(36,41)7)31-13-19-43(28-45,20-14-31)50-29-48/h13,15,29-30,33,35-36,46H,8-12,14,16-28H2,1-7H3/t33-,35+,36-,40+,41-,42-,43+,44-/m1/s1. The molecule has 0 aromatic carbocycles. The summed E-state index contributed by atoms with van der Waals surface area (Å²) in [6.45, 7) is 21.7. The predicted octanol–water partition coefficient (Wildman–Crippen LogP) is 9.32. The summed E-state index contributed by atoms with van der Waals surface area (Å²) >= 11 is 0. The number of carbonyl (C=O) groups excluding carboxylic acids is 2. The van der Waals surface area contributed by atoms with Gasteiger partial charge in [-0.1, -0.05) is 67.0 Å². The van der Waals surface area contributed by atoms with Crippen LogP contribution in [-0.4, -0.2) is 61.1 Å².